The van der Waals surface area contributed by atoms with Gasteiger partial charge in [-0.25, -0.2) is 4.98 Å². The molecule has 0 bridgehead atoms. The van der Waals surface area contributed by atoms with E-state index in [4.69, 9.17) is 4.74 Å². The standard InChI is InChI=1S/C26H34N4O3/c1-5-6-7-9-21-12-23-25(28-14-21)33-24(17-29(4)16-22-10-8-11-27-13-22)19(2)15-30(26(23)32)20(3)18-31/h8,10-14,19-20,24,31H,5-6,15-18H2,1-4H3/t19-,20-,24-/m1/s1. The van der Waals surface area contributed by atoms with E-state index in [1.54, 1.807) is 23.4 Å². The van der Waals surface area contributed by atoms with E-state index < -0.39 is 0 Å². The Kier molecular flexibility index (Phi) is 8.81. The van der Waals surface area contributed by atoms with E-state index in [0.717, 1.165) is 24.9 Å². The first kappa shape index (κ1) is 24.7. The van der Waals surface area contributed by atoms with Gasteiger partial charge >= 0.3 is 0 Å². The Bertz CT molecular complexity index is 986. The summed E-state index contributed by atoms with van der Waals surface area (Å²) in [4.78, 5) is 26.0. The lowest BCUT2D eigenvalue weighted by atomic mass is 9.99. The maximum absolute atomic E-state index is 13.4. The first-order valence-electron chi connectivity index (χ1n) is 11.6. The van der Waals surface area contributed by atoms with Gasteiger partial charge in [-0.2, -0.15) is 0 Å². The van der Waals surface area contributed by atoms with Crippen LogP contribution < -0.4 is 4.74 Å². The number of likely N-dealkylation sites (N-methyl/N-ethyl adjacent to an activating group) is 1. The number of carbonyl (C=O) groups excluding carboxylic acids is 1. The monoisotopic (exact) mass is 450 g/mol. The molecule has 2 aromatic heterocycles. The quantitative estimate of drug-likeness (QED) is 0.654. The molecule has 1 aliphatic rings. The van der Waals surface area contributed by atoms with Crippen molar-refractivity contribution in [3.63, 3.8) is 0 Å². The first-order valence-corrected chi connectivity index (χ1v) is 11.6. The molecular weight excluding hydrogens is 416 g/mol. The average Bonchev–Trinajstić information content (AvgIpc) is 2.82. The Morgan fingerprint density at radius 1 is 1.39 bits per heavy atom. The van der Waals surface area contributed by atoms with Crippen LogP contribution in [0.25, 0.3) is 0 Å². The molecule has 0 aromatic carbocycles. The number of carbonyl (C=O) groups is 1. The average molecular weight is 451 g/mol. The second-order valence-corrected chi connectivity index (χ2v) is 8.81. The predicted octanol–water partition coefficient (Wildman–Crippen LogP) is 2.98. The summed E-state index contributed by atoms with van der Waals surface area (Å²) in [5.41, 5.74) is 2.21. The van der Waals surface area contributed by atoms with Crippen molar-refractivity contribution in [1.82, 2.24) is 19.8 Å². The number of aliphatic hydroxyl groups is 1. The second kappa shape index (κ2) is 11.8. The third-order valence-electron chi connectivity index (χ3n) is 5.80. The van der Waals surface area contributed by atoms with Crippen LogP contribution in [0.3, 0.4) is 0 Å². The molecule has 7 heteroatoms. The summed E-state index contributed by atoms with van der Waals surface area (Å²) in [5.74, 6) is 6.37. The maximum atomic E-state index is 13.4. The molecule has 3 rings (SSSR count). The Hall–Kier alpha value is -2.95. The van der Waals surface area contributed by atoms with E-state index in [1.165, 1.54) is 0 Å². The number of hydrogen-bond donors (Lipinski definition) is 1. The molecule has 0 unspecified atom stereocenters. The van der Waals surface area contributed by atoms with Gasteiger partial charge in [-0.3, -0.25) is 14.7 Å². The topological polar surface area (TPSA) is 78.8 Å². The third-order valence-corrected chi connectivity index (χ3v) is 5.80. The fraction of sp³-hybridized carbons (Fsp3) is 0.500. The number of ether oxygens (including phenoxy) is 1. The molecule has 0 spiro atoms. The molecule has 0 fully saturated rings. The summed E-state index contributed by atoms with van der Waals surface area (Å²) < 4.78 is 6.34. The molecule has 176 valence electrons. The van der Waals surface area contributed by atoms with Crippen LogP contribution in [0.1, 0.15) is 55.1 Å². The van der Waals surface area contributed by atoms with E-state index in [2.05, 4.69) is 40.6 Å². The zero-order valence-corrected chi connectivity index (χ0v) is 20.0. The molecule has 0 saturated heterocycles. The number of aromatic nitrogens is 2. The molecule has 1 aliphatic heterocycles. The van der Waals surface area contributed by atoms with Gasteiger partial charge in [0.25, 0.3) is 5.91 Å². The van der Waals surface area contributed by atoms with Crippen molar-refractivity contribution in [3.8, 4) is 17.7 Å². The van der Waals surface area contributed by atoms with Crippen LogP contribution in [-0.2, 0) is 6.54 Å². The molecule has 1 amide bonds. The molecule has 3 heterocycles. The van der Waals surface area contributed by atoms with Gasteiger partial charge in [-0.05, 0) is 38.1 Å². The number of unbranched alkanes of at least 4 members (excludes halogenated alkanes) is 1. The van der Waals surface area contributed by atoms with Crippen molar-refractivity contribution in [2.45, 2.75) is 52.3 Å². The number of hydrogen-bond acceptors (Lipinski definition) is 6. The van der Waals surface area contributed by atoms with Crippen LogP contribution in [0.2, 0.25) is 0 Å². The van der Waals surface area contributed by atoms with Crippen LogP contribution >= 0.6 is 0 Å². The van der Waals surface area contributed by atoms with Gasteiger partial charge in [0.15, 0.2) is 0 Å². The number of aliphatic hydroxyl groups excluding tert-OH is 1. The minimum absolute atomic E-state index is 0.0401. The number of pyridine rings is 2. The zero-order chi connectivity index (χ0) is 23.8. The fourth-order valence-electron chi connectivity index (χ4n) is 3.85. The number of amides is 1. The van der Waals surface area contributed by atoms with E-state index in [-0.39, 0.29) is 30.6 Å². The first-order chi connectivity index (χ1) is 15.9. The molecule has 0 aliphatic carbocycles. The number of fused-ring (bicyclic) bond motifs is 1. The lowest BCUT2D eigenvalue weighted by Crippen LogP contribution is -2.49. The minimum atomic E-state index is -0.311. The molecule has 1 N–H and O–H groups in total. The van der Waals surface area contributed by atoms with Crippen LogP contribution in [0.4, 0.5) is 0 Å². The van der Waals surface area contributed by atoms with E-state index in [0.29, 0.717) is 30.1 Å². The Morgan fingerprint density at radius 3 is 2.91 bits per heavy atom. The second-order valence-electron chi connectivity index (χ2n) is 8.81. The van der Waals surface area contributed by atoms with E-state index >= 15 is 0 Å². The van der Waals surface area contributed by atoms with E-state index in [9.17, 15) is 9.90 Å². The van der Waals surface area contributed by atoms with Gasteiger partial charge in [0.1, 0.15) is 11.7 Å². The summed E-state index contributed by atoms with van der Waals surface area (Å²) in [6, 6.07) is 5.43. The van der Waals surface area contributed by atoms with Crippen molar-refractivity contribution in [2.75, 3.05) is 26.7 Å². The molecule has 3 atom stereocenters. The lowest BCUT2D eigenvalue weighted by Gasteiger charge is -2.37. The molecule has 2 aromatic rings. The normalized spacial score (nSPS) is 19.1. The highest BCUT2D eigenvalue weighted by Gasteiger charge is 2.34. The third kappa shape index (κ3) is 6.53. The Balaban J connectivity index is 1.89. The smallest absolute Gasteiger partial charge is 0.259 e. The Labute approximate surface area is 196 Å². The van der Waals surface area contributed by atoms with Crippen LogP contribution in [0, 0.1) is 17.8 Å². The predicted molar refractivity (Wildman–Crippen MR) is 128 cm³/mol. The van der Waals surface area contributed by atoms with Crippen molar-refractivity contribution < 1.29 is 14.6 Å². The minimum Gasteiger partial charge on any atom is -0.472 e. The molecule has 7 nitrogen and oxygen atoms in total. The van der Waals surface area contributed by atoms with Crippen LogP contribution in [0.5, 0.6) is 5.88 Å². The lowest BCUT2D eigenvalue weighted by molar-refractivity contribution is 0.0325. The molecule has 33 heavy (non-hydrogen) atoms. The largest absolute Gasteiger partial charge is 0.472 e. The molecule has 0 radical (unpaired) electrons. The summed E-state index contributed by atoms with van der Waals surface area (Å²) in [6.07, 6.45) is 6.87. The SMILES string of the molecule is CCCC#Cc1cnc2c(c1)C(=O)N([C@H](C)CO)C[C@@H](C)[C@@H](CN(C)Cc1cccnc1)O2. The van der Waals surface area contributed by atoms with E-state index in [1.807, 2.05) is 32.3 Å². The van der Waals surface area contributed by atoms with Gasteiger partial charge in [0.2, 0.25) is 5.88 Å². The zero-order valence-electron chi connectivity index (χ0n) is 20.0. The van der Waals surface area contributed by atoms with Gasteiger partial charge in [-0.1, -0.05) is 31.8 Å². The van der Waals surface area contributed by atoms with Gasteiger partial charge in [0.05, 0.1) is 12.6 Å². The molecular formula is C26H34N4O3. The highest BCUT2D eigenvalue weighted by molar-refractivity contribution is 5.97. The van der Waals surface area contributed by atoms with Crippen LogP contribution in [0.15, 0.2) is 36.8 Å². The van der Waals surface area contributed by atoms with Gasteiger partial charge in [-0.15, -0.1) is 0 Å². The number of nitrogens with zero attached hydrogens (tertiary/aromatic N) is 4. The van der Waals surface area contributed by atoms with Crippen molar-refractivity contribution in [2.24, 2.45) is 5.92 Å². The summed E-state index contributed by atoms with van der Waals surface area (Å²) in [7, 11) is 2.04. The molecule has 0 saturated carbocycles. The van der Waals surface area contributed by atoms with Gasteiger partial charge < -0.3 is 14.7 Å². The van der Waals surface area contributed by atoms with Gasteiger partial charge in [0, 0.05) is 56.1 Å². The summed E-state index contributed by atoms with van der Waals surface area (Å²) in [5, 5.41) is 9.80. The highest BCUT2D eigenvalue weighted by Crippen LogP contribution is 2.27. The fourth-order valence-corrected chi connectivity index (χ4v) is 3.85. The summed E-state index contributed by atoms with van der Waals surface area (Å²) in [6.45, 7) is 7.77. The van der Waals surface area contributed by atoms with Crippen molar-refractivity contribution in [1.29, 1.82) is 0 Å². The summed E-state index contributed by atoms with van der Waals surface area (Å²) >= 11 is 0. The van der Waals surface area contributed by atoms with Crippen molar-refractivity contribution >= 4 is 5.91 Å². The van der Waals surface area contributed by atoms with Crippen LogP contribution in [-0.4, -0.2) is 69.7 Å². The maximum Gasteiger partial charge on any atom is 0.259 e. The Morgan fingerprint density at radius 2 is 2.21 bits per heavy atom. The highest BCUT2D eigenvalue weighted by atomic mass is 16.5. The number of rotatable bonds is 7. The van der Waals surface area contributed by atoms with Crippen molar-refractivity contribution in [3.05, 3.63) is 53.5 Å².